The predicted molar refractivity (Wildman–Crippen MR) is 109 cm³/mol. The maximum absolute atomic E-state index is 12.0. The molecule has 0 atom stereocenters. The van der Waals surface area contributed by atoms with Gasteiger partial charge in [0.25, 0.3) is 0 Å². The molecule has 1 saturated heterocycles. The van der Waals surface area contributed by atoms with Crippen LogP contribution >= 0.6 is 0 Å². The largest absolute Gasteiger partial charge is 0.359 e. The van der Waals surface area contributed by atoms with Crippen molar-refractivity contribution in [2.24, 2.45) is 0 Å². The van der Waals surface area contributed by atoms with Gasteiger partial charge in [-0.3, -0.25) is 9.78 Å². The molecular weight excluding hydrogens is 354 g/mol. The fraction of sp³-hybridized carbons (Fsp3) is 0.350. The minimum absolute atomic E-state index is 0.110. The Morgan fingerprint density at radius 3 is 2.71 bits per heavy atom. The Labute approximate surface area is 163 Å². The van der Waals surface area contributed by atoms with E-state index in [1.807, 2.05) is 36.2 Å². The molecule has 0 aliphatic carbocycles. The number of carbonyl (C=O) groups is 1. The average Bonchev–Trinajstić information content (AvgIpc) is 2.69. The number of hydrogen-bond donors (Lipinski definition) is 1. The average molecular weight is 377 g/mol. The Kier molecular flexibility index (Phi) is 4.77. The van der Waals surface area contributed by atoms with E-state index >= 15 is 0 Å². The molecule has 144 valence electrons. The molecule has 1 amide bonds. The molecule has 1 N–H and O–H groups in total. The highest BCUT2D eigenvalue weighted by Crippen LogP contribution is 2.23. The zero-order valence-electron chi connectivity index (χ0n) is 16.3. The molecule has 8 heteroatoms. The van der Waals surface area contributed by atoms with Gasteiger partial charge in [-0.05, 0) is 35.7 Å². The van der Waals surface area contributed by atoms with Crippen LogP contribution in [0.25, 0.3) is 11.0 Å². The van der Waals surface area contributed by atoms with Crippen molar-refractivity contribution >= 4 is 34.3 Å². The summed E-state index contributed by atoms with van der Waals surface area (Å²) >= 11 is 0. The number of likely N-dealkylation sites (N-methyl/N-ethyl adjacent to an activating group) is 1. The highest BCUT2D eigenvalue weighted by atomic mass is 16.2. The number of pyridine rings is 2. The lowest BCUT2D eigenvalue weighted by atomic mass is 10.1. The lowest BCUT2D eigenvalue weighted by molar-refractivity contribution is -0.129. The molecule has 0 bridgehead atoms. The number of nitrogens with zero attached hydrogens (tertiary/aromatic N) is 6. The van der Waals surface area contributed by atoms with Crippen molar-refractivity contribution in [2.75, 3.05) is 36.9 Å². The summed E-state index contributed by atoms with van der Waals surface area (Å²) in [5.41, 5.74) is 3.58. The quantitative estimate of drug-likeness (QED) is 0.748. The van der Waals surface area contributed by atoms with Crippen molar-refractivity contribution in [2.45, 2.75) is 19.8 Å². The van der Waals surface area contributed by atoms with E-state index in [1.54, 1.807) is 17.3 Å². The van der Waals surface area contributed by atoms with E-state index in [9.17, 15) is 4.79 Å². The second kappa shape index (κ2) is 7.38. The first-order valence-electron chi connectivity index (χ1n) is 9.35. The third-order valence-corrected chi connectivity index (χ3v) is 4.94. The number of fused-ring (bicyclic) bond motifs is 1. The van der Waals surface area contributed by atoms with E-state index in [4.69, 9.17) is 0 Å². The second-order valence-corrected chi connectivity index (χ2v) is 7.32. The highest BCUT2D eigenvalue weighted by molar-refractivity contribution is 5.85. The van der Waals surface area contributed by atoms with Crippen molar-refractivity contribution in [3.8, 4) is 0 Å². The Balaban J connectivity index is 1.59. The van der Waals surface area contributed by atoms with Crippen LogP contribution in [0.4, 0.5) is 17.3 Å². The molecule has 3 aromatic rings. The van der Waals surface area contributed by atoms with Crippen LogP contribution in [0, 0.1) is 0 Å². The van der Waals surface area contributed by atoms with E-state index in [1.165, 1.54) is 0 Å². The van der Waals surface area contributed by atoms with Gasteiger partial charge in [-0.1, -0.05) is 13.8 Å². The monoisotopic (exact) mass is 377 g/mol. The zero-order valence-corrected chi connectivity index (χ0v) is 16.3. The molecule has 1 aliphatic heterocycles. The fourth-order valence-corrected chi connectivity index (χ4v) is 3.11. The lowest BCUT2D eigenvalue weighted by Gasteiger charge is -2.33. The number of amides is 1. The van der Waals surface area contributed by atoms with Gasteiger partial charge in [0.2, 0.25) is 5.91 Å². The molecule has 3 aromatic heterocycles. The van der Waals surface area contributed by atoms with Crippen molar-refractivity contribution in [3.63, 3.8) is 0 Å². The van der Waals surface area contributed by atoms with Crippen LogP contribution in [0.3, 0.4) is 0 Å². The van der Waals surface area contributed by atoms with Crippen molar-refractivity contribution < 1.29 is 4.79 Å². The normalized spacial score (nSPS) is 14.8. The van der Waals surface area contributed by atoms with Gasteiger partial charge in [0.05, 0.1) is 35.7 Å². The molecule has 8 nitrogen and oxygen atoms in total. The minimum atomic E-state index is 0.110. The summed E-state index contributed by atoms with van der Waals surface area (Å²) in [4.78, 5) is 25.0. The van der Waals surface area contributed by atoms with Gasteiger partial charge in [-0.15, -0.1) is 5.10 Å². The van der Waals surface area contributed by atoms with Gasteiger partial charge in [0.1, 0.15) is 5.82 Å². The third kappa shape index (κ3) is 3.71. The van der Waals surface area contributed by atoms with Gasteiger partial charge in [0.15, 0.2) is 5.82 Å². The van der Waals surface area contributed by atoms with E-state index in [-0.39, 0.29) is 5.91 Å². The number of aromatic nitrogens is 4. The number of carbonyl (C=O) groups excluding carboxylic acids is 1. The van der Waals surface area contributed by atoms with Crippen molar-refractivity contribution in [3.05, 3.63) is 42.2 Å². The Bertz CT molecular complexity index is 1020. The molecule has 4 rings (SSSR count). The molecule has 4 heterocycles. The van der Waals surface area contributed by atoms with Gasteiger partial charge in [0, 0.05) is 20.1 Å². The Morgan fingerprint density at radius 2 is 1.93 bits per heavy atom. The zero-order chi connectivity index (χ0) is 19.7. The summed E-state index contributed by atoms with van der Waals surface area (Å²) in [5, 5.41) is 11.4. The van der Waals surface area contributed by atoms with Crippen LogP contribution in [-0.4, -0.2) is 57.7 Å². The molecular formula is C20H23N7O. The first kappa shape index (κ1) is 18.1. The molecule has 1 aliphatic rings. The van der Waals surface area contributed by atoms with Gasteiger partial charge >= 0.3 is 0 Å². The van der Waals surface area contributed by atoms with E-state index < -0.39 is 0 Å². The van der Waals surface area contributed by atoms with Crippen LogP contribution in [-0.2, 0) is 4.79 Å². The standard InChI is InChI=1S/C20H23N7O/c1-13(2)14-8-19(25-22-10-14)24-18-5-4-16-17(23-18)9-15(11-21-16)27-7-6-26(3)20(28)12-27/h4-5,8-11,13H,6-7,12H2,1-3H3,(H,23,24,25). The van der Waals surface area contributed by atoms with Crippen molar-refractivity contribution in [1.82, 2.24) is 25.1 Å². The summed E-state index contributed by atoms with van der Waals surface area (Å²) in [5.74, 6) is 1.82. The number of piperazine rings is 1. The van der Waals surface area contributed by atoms with E-state index in [0.717, 1.165) is 28.8 Å². The lowest BCUT2D eigenvalue weighted by Crippen LogP contribution is -2.48. The van der Waals surface area contributed by atoms with Crippen LogP contribution in [0.5, 0.6) is 0 Å². The van der Waals surface area contributed by atoms with Crippen LogP contribution < -0.4 is 10.2 Å². The molecule has 1 fully saturated rings. The first-order valence-corrected chi connectivity index (χ1v) is 9.35. The summed E-state index contributed by atoms with van der Waals surface area (Å²) in [6, 6.07) is 7.75. The summed E-state index contributed by atoms with van der Waals surface area (Å²) in [7, 11) is 1.83. The molecule has 0 aromatic carbocycles. The second-order valence-electron chi connectivity index (χ2n) is 7.32. The van der Waals surface area contributed by atoms with E-state index in [2.05, 4.69) is 39.3 Å². The number of nitrogens with one attached hydrogen (secondary N) is 1. The molecule has 0 spiro atoms. The minimum Gasteiger partial charge on any atom is -0.359 e. The SMILES string of the molecule is CC(C)c1cnnc(Nc2ccc3ncc(N4CCN(C)C(=O)C4)cc3n2)c1. The molecule has 0 radical (unpaired) electrons. The van der Waals surface area contributed by atoms with Crippen LogP contribution in [0.1, 0.15) is 25.3 Å². The van der Waals surface area contributed by atoms with Crippen molar-refractivity contribution in [1.29, 1.82) is 0 Å². The number of rotatable bonds is 4. The maximum Gasteiger partial charge on any atom is 0.241 e. The van der Waals surface area contributed by atoms with Gasteiger partial charge in [-0.25, -0.2) is 4.98 Å². The highest BCUT2D eigenvalue weighted by Gasteiger charge is 2.21. The van der Waals surface area contributed by atoms with Gasteiger partial charge < -0.3 is 15.1 Å². The fourth-order valence-electron chi connectivity index (χ4n) is 3.11. The molecule has 0 unspecified atom stereocenters. The van der Waals surface area contributed by atoms with Crippen LogP contribution in [0.15, 0.2) is 36.7 Å². The number of anilines is 3. The molecule has 0 saturated carbocycles. The topological polar surface area (TPSA) is 87.1 Å². The first-order chi connectivity index (χ1) is 13.5. The van der Waals surface area contributed by atoms with Gasteiger partial charge in [-0.2, -0.15) is 5.10 Å². The summed E-state index contributed by atoms with van der Waals surface area (Å²) in [6.45, 7) is 6.08. The van der Waals surface area contributed by atoms with Crippen LogP contribution in [0.2, 0.25) is 0 Å². The third-order valence-electron chi connectivity index (χ3n) is 4.94. The Hall–Kier alpha value is -3.29. The maximum atomic E-state index is 12.0. The molecule has 28 heavy (non-hydrogen) atoms. The smallest absolute Gasteiger partial charge is 0.241 e. The van der Waals surface area contributed by atoms with E-state index in [0.29, 0.717) is 30.6 Å². The summed E-state index contributed by atoms with van der Waals surface area (Å²) in [6.07, 6.45) is 3.57. The summed E-state index contributed by atoms with van der Waals surface area (Å²) < 4.78 is 0. The Morgan fingerprint density at radius 1 is 1.07 bits per heavy atom. The number of hydrogen-bond acceptors (Lipinski definition) is 7. The predicted octanol–water partition coefficient (Wildman–Crippen LogP) is 2.57.